The second-order valence-electron chi connectivity index (χ2n) is 4.90. The zero-order valence-electron chi connectivity index (χ0n) is 12.3. The van der Waals surface area contributed by atoms with Gasteiger partial charge in [0.25, 0.3) is 11.5 Å². The van der Waals surface area contributed by atoms with E-state index in [1.165, 1.54) is 18.0 Å². The highest BCUT2D eigenvalue weighted by atomic mass is 32.2. The third-order valence-corrected chi connectivity index (χ3v) is 4.42. The van der Waals surface area contributed by atoms with Gasteiger partial charge in [0.05, 0.1) is 7.11 Å². The molecule has 0 saturated carbocycles. The number of carbonyl (C=O) groups is 1. The lowest BCUT2D eigenvalue weighted by atomic mass is 10.2. The molecule has 0 aliphatic carbocycles. The van der Waals surface area contributed by atoms with Crippen molar-refractivity contribution in [2.75, 3.05) is 18.2 Å². The lowest BCUT2D eigenvalue weighted by Crippen LogP contribution is -2.29. The van der Waals surface area contributed by atoms with Crippen molar-refractivity contribution >= 4 is 23.4 Å². The highest BCUT2D eigenvalue weighted by Gasteiger charge is 2.20. The highest BCUT2D eigenvalue weighted by molar-refractivity contribution is 7.99. The Bertz CT molecular complexity index is 801. The van der Waals surface area contributed by atoms with Crippen molar-refractivity contribution in [2.24, 2.45) is 0 Å². The third-order valence-electron chi connectivity index (χ3n) is 3.45. The van der Waals surface area contributed by atoms with Crippen LogP contribution in [0.2, 0.25) is 0 Å². The number of thioether (sulfide) groups is 1. The maximum atomic E-state index is 12.3. The largest absolute Gasteiger partial charge is 0.496 e. The molecule has 0 spiro atoms. The second-order valence-corrected chi connectivity index (χ2v) is 5.96. The van der Waals surface area contributed by atoms with Crippen LogP contribution in [0.25, 0.3) is 0 Å². The van der Waals surface area contributed by atoms with E-state index >= 15 is 0 Å². The molecule has 2 aromatic rings. The first-order chi connectivity index (χ1) is 10.6. The minimum absolute atomic E-state index is 0.0553. The minimum Gasteiger partial charge on any atom is -0.496 e. The maximum Gasteiger partial charge on any atom is 0.267 e. The second kappa shape index (κ2) is 5.84. The molecule has 22 heavy (non-hydrogen) atoms. The van der Waals surface area contributed by atoms with E-state index in [4.69, 9.17) is 4.74 Å². The Morgan fingerprint density at radius 1 is 1.45 bits per heavy atom. The normalized spacial score (nSPS) is 12.8. The molecule has 1 amide bonds. The van der Waals surface area contributed by atoms with Crippen molar-refractivity contribution in [1.29, 1.82) is 0 Å². The third kappa shape index (κ3) is 2.59. The Morgan fingerprint density at radius 2 is 2.27 bits per heavy atom. The summed E-state index contributed by atoms with van der Waals surface area (Å²) in [4.78, 5) is 28.8. The van der Waals surface area contributed by atoms with E-state index in [1.807, 2.05) is 6.92 Å². The van der Waals surface area contributed by atoms with E-state index in [0.717, 1.165) is 17.1 Å². The number of ether oxygens (including phenoxy) is 1. The van der Waals surface area contributed by atoms with Gasteiger partial charge >= 0.3 is 0 Å². The predicted molar refractivity (Wildman–Crippen MR) is 84.9 cm³/mol. The van der Waals surface area contributed by atoms with Gasteiger partial charge < -0.3 is 10.1 Å². The topological polar surface area (TPSA) is 73.2 Å². The van der Waals surface area contributed by atoms with Gasteiger partial charge in [-0.05, 0) is 30.7 Å². The van der Waals surface area contributed by atoms with Crippen LogP contribution >= 0.6 is 11.8 Å². The lowest BCUT2D eigenvalue weighted by Gasteiger charge is -2.09. The standard InChI is InChI=1S/C15H15N3O3S/c1-9-7-10(3-4-12(9)21-2)17-13(19)11-8-16-15-18(14(11)20)5-6-22-15/h3-4,7-8H,5-6H2,1-2H3,(H,17,19). The molecule has 3 rings (SSSR count). The van der Waals surface area contributed by atoms with Crippen LogP contribution in [0.3, 0.4) is 0 Å². The lowest BCUT2D eigenvalue weighted by molar-refractivity contribution is 0.102. The molecule has 0 atom stereocenters. The number of fused-ring (bicyclic) bond motifs is 1. The minimum atomic E-state index is -0.450. The molecule has 7 heteroatoms. The number of amides is 1. The zero-order valence-corrected chi connectivity index (χ0v) is 13.1. The molecule has 0 saturated heterocycles. The van der Waals surface area contributed by atoms with Crippen LogP contribution < -0.4 is 15.6 Å². The van der Waals surface area contributed by atoms with Crippen LogP contribution in [-0.2, 0) is 6.54 Å². The van der Waals surface area contributed by atoms with Crippen LogP contribution in [0, 0.1) is 6.92 Å². The fourth-order valence-electron chi connectivity index (χ4n) is 2.33. The highest BCUT2D eigenvalue weighted by Crippen LogP contribution is 2.22. The molecule has 0 bridgehead atoms. The van der Waals surface area contributed by atoms with Crippen molar-refractivity contribution < 1.29 is 9.53 Å². The van der Waals surface area contributed by atoms with Gasteiger partial charge in [-0.25, -0.2) is 4.98 Å². The first-order valence-corrected chi connectivity index (χ1v) is 7.77. The summed E-state index contributed by atoms with van der Waals surface area (Å²) in [5.74, 6) is 1.11. The van der Waals surface area contributed by atoms with Crippen molar-refractivity contribution in [3.63, 3.8) is 0 Å². The van der Waals surface area contributed by atoms with Gasteiger partial charge in [-0.3, -0.25) is 14.2 Å². The average Bonchev–Trinajstić information content (AvgIpc) is 2.97. The van der Waals surface area contributed by atoms with Crippen molar-refractivity contribution in [3.05, 3.63) is 45.9 Å². The average molecular weight is 317 g/mol. The number of aromatic nitrogens is 2. The predicted octanol–water partition coefficient (Wildman–Crippen LogP) is 1.92. The molecule has 0 radical (unpaired) electrons. The van der Waals surface area contributed by atoms with E-state index in [-0.39, 0.29) is 11.1 Å². The molecular weight excluding hydrogens is 302 g/mol. The molecule has 1 N–H and O–H groups in total. The number of hydrogen-bond donors (Lipinski definition) is 1. The van der Waals surface area contributed by atoms with Crippen molar-refractivity contribution in [2.45, 2.75) is 18.6 Å². The summed E-state index contributed by atoms with van der Waals surface area (Å²) in [5, 5.41) is 3.40. The Labute approximate surface area is 131 Å². The fraction of sp³-hybridized carbons (Fsp3) is 0.267. The molecular formula is C15H15N3O3S. The summed E-state index contributed by atoms with van der Waals surface area (Å²) in [6.07, 6.45) is 1.35. The van der Waals surface area contributed by atoms with Crippen molar-refractivity contribution in [3.8, 4) is 5.75 Å². The Kier molecular flexibility index (Phi) is 3.89. The van der Waals surface area contributed by atoms with Crippen LogP contribution in [-0.4, -0.2) is 28.3 Å². The fourth-order valence-corrected chi connectivity index (χ4v) is 3.24. The summed E-state index contributed by atoms with van der Waals surface area (Å²) >= 11 is 1.52. The first-order valence-electron chi connectivity index (χ1n) is 6.79. The van der Waals surface area contributed by atoms with Crippen molar-refractivity contribution in [1.82, 2.24) is 9.55 Å². The molecule has 0 unspecified atom stereocenters. The summed E-state index contributed by atoms with van der Waals surface area (Å²) in [7, 11) is 1.59. The van der Waals surface area contributed by atoms with E-state index < -0.39 is 5.91 Å². The number of nitrogens with zero attached hydrogens (tertiary/aromatic N) is 2. The van der Waals surface area contributed by atoms with Crippen LogP contribution in [0.15, 0.2) is 34.3 Å². The monoisotopic (exact) mass is 317 g/mol. The summed E-state index contributed by atoms with van der Waals surface area (Å²) < 4.78 is 6.72. The summed E-state index contributed by atoms with van der Waals surface area (Å²) in [5.41, 5.74) is 1.28. The molecule has 1 aromatic heterocycles. The van der Waals surface area contributed by atoms with Gasteiger partial charge in [0.2, 0.25) is 0 Å². The molecule has 114 valence electrons. The van der Waals surface area contributed by atoms with Gasteiger partial charge in [-0.2, -0.15) is 0 Å². The van der Waals surface area contributed by atoms with Gasteiger partial charge in [0.15, 0.2) is 5.16 Å². The quantitative estimate of drug-likeness (QED) is 0.876. The smallest absolute Gasteiger partial charge is 0.267 e. The van der Waals surface area contributed by atoms with Gasteiger partial charge in [0.1, 0.15) is 11.3 Å². The zero-order chi connectivity index (χ0) is 15.7. The Hall–Kier alpha value is -2.28. The summed E-state index contributed by atoms with van der Waals surface area (Å²) in [6, 6.07) is 5.30. The molecule has 1 aliphatic rings. The first kappa shape index (κ1) is 14.6. The number of hydrogen-bond acceptors (Lipinski definition) is 5. The molecule has 1 aliphatic heterocycles. The number of anilines is 1. The number of benzene rings is 1. The van der Waals surface area contributed by atoms with E-state index in [0.29, 0.717) is 17.4 Å². The number of carbonyl (C=O) groups excluding carboxylic acids is 1. The number of methoxy groups -OCH3 is 1. The van der Waals surface area contributed by atoms with Crippen LogP contribution in [0.4, 0.5) is 5.69 Å². The van der Waals surface area contributed by atoms with E-state index in [9.17, 15) is 9.59 Å². The van der Waals surface area contributed by atoms with Gasteiger partial charge in [-0.1, -0.05) is 11.8 Å². The van der Waals surface area contributed by atoms with Crippen LogP contribution in [0.5, 0.6) is 5.75 Å². The van der Waals surface area contributed by atoms with Gasteiger partial charge in [-0.15, -0.1) is 0 Å². The molecule has 0 fully saturated rings. The van der Waals surface area contributed by atoms with Crippen LogP contribution in [0.1, 0.15) is 15.9 Å². The molecule has 1 aromatic carbocycles. The van der Waals surface area contributed by atoms with E-state index in [2.05, 4.69) is 10.3 Å². The summed E-state index contributed by atoms with van der Waals surface area (Å²) in [6.45, 7) is 2.48. The number of aryl methyl sites for hydroxylation is 1. The van der Waals surface area contributed by atoms with Gasteiger partial charge in [0, 0.05) is 24.2 Å². The molecule has 6 nitrogen and oxygen atoms in total. The Balaban J connectivity index is 1.86. The number of nitrogens with one attached hydrogen (secondary N) is 1. The SMILES string of the molecule is COc1ccc(NC(=O)c2cnc3n(c2=O)CCS3)cc1C. The maximum absolute atomic E-state index is 12.3. The van der Waals surface area contributed by atoms with E-state index in [1.54, 1.807) is 29.9 Å². The number of rotatable bonds is 3. The Morgan fingerprint density at radius 3 is 3.00 bits per heavy atom. The molecule has 2 heterocycles.